The third-order valence-electron chi connectivity index (χ3n) is 4.57. The zero-order valence-electron chi connectivity index (χ0n) is 14.6. The van der Waals surface area contributed by atoms with Gasteiger partial charge in [-0.2, -0.15) is 0 Å². The van der Waals surface area contributed by atoms with Gasteiger partial charge < -0.3 is 14.6 Å². The minimum Gasteiger partial charge on any atom is -0.493 e. The van der Waals surface area contributed by atoms with Crippen LogP contribution in [0.1, 0.15) is 24.6 Å². The van der Waals surface area contributed by atoms with Crippen LogP contribution in [0.5, 0.6) is 11.5 Å². The molecule has 1 saturated carbocycles. The van der Waals surface area contributed by atoms with Crippen molar-refractivity contribution in [3.63, 3.8) is 0 Å². The molecule has 0 amide bonds. The Morgan fingerprint density at radius 3 is 2.46 bits per heavy atom. The van der Waals surface area contributed by atoms with Crippen LogP contribution in [0.25, 0.3) is 0 Å². The Labute approximate surface area is 153 Å². The fourth-order valence-corrected chi connectivity index (χ4v) is 4.37. The average molecular weight is 378 g/mol. The maximum atomic E-state index is 12.9. The maximum absolute atomic E-state index is 12.9. The van der Waals surface area contributed by atoms with Gasteiger partial charge >= 0.3 is 0 Å². The number of hydrogen-bond acceptors (Lipinski definition) is 6. The number of nitrogens with one attached hydrogen (secondary N) is 1. The molecular weight excluding hydrogens is 356 g/mol. The molecule has 1 aliphatic carbocycles. The van der Waals surface area contributed by atoms with E-state index in [1.54, 1.807) is 24.4 Å². The molecule has 2 aromatic rings. The summed E-state index contributed by atoms with van der Waals surface area (Å²) in [5.74, 6) is 0.786. The summed E-state index contributed by atoms with van der Waals surface area (Å²) in [6.45, 7) is 0. The smallest absolute Gasteiger partial charge is 0.241 e. The summed E-state index contributed by atoms with van der Waals surface area (Å²) < 4.78 is 38.9. The summed E-state index contributed by atoms with van der Waals surface area (Å²) in [4.78, 5) is 4.37. The molecule has 0 aliphatic heterocycles. The molecular formula is C18H22N2O5S. The lowest BCUT2D eigenvalue weighted by molar-refractivity contribution is 0.0273. The standard InChI is InChI=1S/C18H22N2O5S/c1-24-16-7-6-14(11-17(16)25-2)26(22,23)20-18(12-9-13(21)10-12)15-5-3-4-8-19-15/h3-8,11-13,18,20-21H,9-10H2,1-2H3. The van der Waals surface area contributed by atoms with Crippen LogP contribution in [0, 0.1) is 5.92 Å². The van der Waals surface area contributed by atoms with Crippen molar-refractivity contribution < 1.29 is 23.0 Å². The number of methoxy groups -OCH3 is 2. The summed E-state index contributed by atoms with van der Waals surface area (Å²) in [5.41, 5.74) is 0.633. The molecule has 140 valence electrons. The van der Waals surface area contributed by atoms with Crippen LogP contribution >= 0.6 is 0 Å². The predicted octanol–water partition coefficient (Wildman–Crippen LogP) is 1.89. The first-order chi connectivity index (χ1) is 12.4. The van der Waals surface area contributed by atoms with E-state index in [-0.39, 0.29) is 10.8 Å². The number of aliphatic hydroxyl groups is 1. The molecule has 3 rings (SSSR count). The van der Waals surface area contributed by atoms with Crippen molar-refractivity contribution in [2.75, 3.05) is 14.2 Å². The lowest BCUT2D eigenvalue weighted by Crippen LogP contribution is -2.41. The monoisotopic (exact) mass is 378 g/mol. The summed E-state index contributed by atoms with van der Waals surface area (Å²) in [5, 5.41) is 9.63. The van der Waals surface area contributed by atoms with Gasteiger partial charge in [0.1, 0.15) is 0 Å². The van der Waals surface area contributed by atoms with Crippen molar-refractivity contribution >= 4 is 10.0 Å². The van der Waals surface area contributed by atoms with Gasteiger partial charge in [0.05, 0.1) is 37.0 Å². The van der Waals surface area contributed by atoms with E-state index in [9.17, 15) is 13.5 Å². The molecule has 26 heavy (non-hydrogen) atoms. The summed E-state index contributed by atoms with van der Waals surface area (Å²) in [7, 11) is -0.869. The third kappa shape index (κ3) is 3.82. The summed E-state index contributed by atoms with van der Waals surface area (Å²) in [6.07, 6.45) is 2.31. The highest BCUT2D eigenvalue weighted by atomic mass is 32.2. The third-order valence-corrected chi connectivity index (χ3v) is 6.01. The molecule has 8 heteroatoms. The number of rotatable bonds is 7. The number of benzene rings is 1. The minimum absolute atomic E-state index is 0.00480. The van der Waals surface area contributed by atoms with Crippen LogP contribution in [0.2, 0.25) is 0 Å². The lowest BCUT2D eigenvalue weighted by atomic mass is 9.76. The van der Waals surface area contributed by atoms with Crippen molar-refractivity contribution in [1.82, 2.24) is 9.71 Å². The Kier molecular flexibility index (Phi) is 5.45. The molecule has 1 fully saturated rings. The van der Waals surface area contributed by atoms with Gasteiger partial charge in [0.2, 0.25) is 10.0 Å². The molecule has 1 heterocycles. The molecule has 0 saturated heterocycles. The molecule has 7 nitrogen and oxygen atoms in total. The van der Waals surface area contributed by atoms with Gasteiger partial charge in [0.15, 0.2) is 11.5 Å². The molecule has 0 radical (unpaired) electrons. The van der Waals surface area contributed by atoms with Crippen LogP contribution in [0.4, 0.5) is 0 Å². The van der Waals surface area contributed by atoms with Crippen LogP contribution in [-0.2, 0) is 10.0 Å². The van der Waals surface area contributed by atoms with Gasteiger partial charge in [-0.15, -0.1) is 0 Å². The first kappa shape index (κ1) is 18.6. The second-order valence-corrected chi connectivity index (χ2v) is 7.97. The topological polar surface area (TPSA) is 97.8 Å². The minimum atomic E-state index is -3.81. The largest absolute Gasteiger partial charge is 0.493 e. The van der Waals surface area contributed by atoms with Gasteiger partial charge in [0.25, 0.3) is 0 Å². The molecule has 1 aromatic heterocycles. The summed E-state index contributed by atoms with van der Waals surface area (Å²) in [6, 6.07) is 9.32. The second kappa shape index (κ2) is 7.61. The predicted molar refractivity (Wildman–Crippen MR) is 95.6 cm³/mol. The van der Waals surface area contributed by atoms with Crippen molar-refractivity contribution in [2.24, 2.45) is 5.92 Å². The van der Waals surface area contributed by atoms with E-state index in [2.05, 4.69) is 9.71 Å². The molecule has 1 aromatic carbocycles. The molecule has 1 unspecified atom stereocenters. The van der Waals surface area contributed by atoms with Crippen molar-refractivity contribution in [2.45, 2.75) is 29.9 Å². The van der Waals surface area contributed by atoms with Crippen molar-refractivity contribution in [3.8, 4) is 11.5 Å². The van der Waals surface area contributed by atoms with Gasteiger partial charge in [-0.05, 0) is 43.0 Å². The van der Waals surface area contributed by atoms with Crippen LogP contribution in [0.3, 0.4) is 0 Å². The van der Waals surface area contributed by atoms with E-state index in [1.165, 1.54) is 26.4 Å². The maximum Gasteiger partial charge on any atom is 0.241 e. The average Bonchev–Trinajstić information content (AvgIpc) is 2.64. The number of ether oxygens (including phenoxy) is 2. The lowest BCUT2D eigenvalue weighted by Gasteiger charge is -2.37. The van der Waals surface area contributed by atoms with Gasteiger partial charge in [0, 0.05) is 12.3 Å². The number of sulfonamides is 1. The quantitative estimate of drug-likeness (QED) is 0.764. The highest BCUT2D eigenvalue weighted by molar-refractivity contribution is 7.89. The zero-order chi connectivity index (χ0) is 18.7. The number of nitrogens with zero attached hydrogens (tertiary/aromatic N) is 1. The Morgan fingerprint density at radius 2 is 1.88 bits per heavy atom. The van der Waals surface area contributed by atoms with Gasteiger partial charge in [-0.25, -0.2) is 13.1 Å². The van der Waals surface area contributed by atoms with E-state index in [0.717, 1.165) is 0 Å². The van der Waals surface area contributed by atoms with Gasteiger partial charge in [-0.3, -0.25) is 4.98 Å². The number of aliphatic hydroxyl groups excluding tert-OH is 1. The van der Waals surface area contributed by atoms with E-state index in [0.29, 0.717) is 30.0 Å². The normalized spacial score (nSPS) is 20.9. The fourth-order valence-electron chi connectivity index (χ4n) is 3.08. The Morgan fingerprint density at radius 1 is 1.15 bits per heavy atom. The number of hydrogen-bond donors (Lipinski definition) is 2. The zero-order valence-corrected chi connectivity index (χ0v) is 15.4. The summed E-state index contributed by atoms with van der Waals surface area (Å²) >= 11 is 0. The van der Waals surface area contributed by atoms with Crippen LogP contribution in [0.15, 0.2) is 47.5 Å². The molecule has 1 aliphatic rings. The van der Waals surface area contributed by atoms with Crippen molar-refractivity contribution in [1.29, 1.82) is 0 Å². The van der Waals surface area contributed by atoms with Gasteiger partial charge in [-0.1, -0.05) is 6.07 Å². The first-order valence-electron chi connectivity index (χ1n) is 8.28. The molecule has 0 bridgehead atoms. The van der Waals surface area contributed by atoms with Crippen molar-refractivity contribution in [3.05, 3.63) is 48.3 Å². The van der Waals surface area contributed by atoms with Crippen LogP contribution < -0.4 is 14.2 Å². The van der Waals surface area contributed by atoms with Crippen LogP contribution in [-0.4, -0.2) is 38.8 Å². The highest BCUT2D eigenvalue weighted by Gasteiger charge is 2.38. The molecule has 0 spiro atoms. The first-order valence-corrected chi connectivity index (χ1v) is 9.76. The second-order valence-electron chi connectivity index (χ2n) is 6.26. The Hall–Kier alpha value is -2.16. The molecule has 2 N–H and O–H groups in total. The highest BCUT2D eigenvalue weighted by Crippen LogP contribution is 2.38. The molecule has 1 atom stereocenters. The Balaban J connectivity index is 1.90. The van der Waals surface area contributed by atoms with E-state index >= 15 is 0 Å². The van der Waals surface area contributed by atoms with E-state index in [4.69, 9.17) is 9.47 Å². The van der Waals surface area contributed by atoms with E-state index < -0.39 is 22.2 Å². The van der Waals surface area contributed by atoms with E-state index in [1.807, 2.05) is 6.07 Å². The SMILES string of the molecule is COc1ccc(S(=O)(=O)NC(c2ccccn2)C2CC(O)C2)cc1OC. The Bertz CT molecular complexity index is 851. The number of pyridine rings is 1. The fraction of sp³-hybridized carbons (Fsp3) is 0.389. The number of aromatic nitrogens is 1.